The van der Waals surface area contributed by atoms with Crippen LogP contribution in [-0.4, -0.2) is 13.2 Å². The highest BCUT2D eigenvalue weighted by Crippen LogP contribution is 2.32. The molecule has 1 aliphatic rings. The third kappa shape index (κ3) is 3.17. The van der Waals surface area contributed by atoms with Gasteiger partial charge in [0.05, 0.1) is 13.2 Å². The van der Waals surface area contributed by atoms with Crippen LogP contribution in [0.4, 0.5) is 5.69 Å². The summed E-state index contributed by atoms with van der Waals surface area (Å²) in [4.78, 5) is 0. The minimum absolute atomic E-state index is 0.699. The largest absolute Gasteiger partial charge is 0.490 e. The van der Waals surface area contributed by atoms with E-state index in [4.69, 9.17) is 21.1 Å². The zero-order valence-corrected chi connectivity index (χ0v) is 11.8. The smallest absolute Gasteiger partial charge is 0.163 e. The molecule has 0 fully saturated rings. The van der Waals surface area contributed by atoms with Crippen LogP contribution in [0.15, 0.2) is 42.5 Å². The molecule has 3 nitrogen and oxygen atoms in total. The first kappa shape index (κ1) is 13.1. The number of hydrogen-bond acceptors (Lipinski definition) is 3. The van der Waals surface area contributed by atoms with Crippen molar-refractivity contribution in [3.05, 3.63) is 53.1 Å². The van der Waals surface area contributed by atoms with E-state index in [-0.39, 0.29) is 0 Å². The highest BCUT2D eigenvalue weighted by Gasteiger charge is 2.10. The van der Waals surface area contributed by atoms with Gasteiger partial charge in [-0.15, -0.1) is 0 Å². The lowest BCUT2D eigenvalue weighted by atomic mass is 10.2. The third-order valence-electron chi connectivity index (χ3n) is 3.13. The number of hydrogen-bond donors (Lipinski definition) is 1. The van der Waals surface area contributed by atoms with Crippen LogP contribution in [0.1, 0.15) is 12.0 Å². The zero-order chi connectivity index (χ0) is 13.8. The van der Waals surface area contributed by atoms with E-state index in [1.807, 2.05) is 42.5 Å². The van der Waals surface area contributed by atoms with Crippen LogP contribution in [0.5, 0.6) is 11.5 Å². The average Bonchev–Trinajstić information content (AvgIpc) is 2.70. The molecule has 1 heterocycles. The van der Waals surface area contributed by atoms with E-state index in [0.717, 1.165) is 40.7 Å². The molecule has 0 spiro atoms. The van der Waals surface area contributed by atoms with Crippen LogP contribution < -0.4 is 14.8 Å². The van der Waals surface area contributed by atoms with Gasteiger partial charge in [0.2, 0.25) is 0 Å². The van der Waals surface area contributed by atoms with Crippen molar-refractivity contribution in [1.82, 2.24) is 0 Å². The van der Waals surface area contributed by atoms with Crippen molar-refractivity contribution in [1.29, 1.82) is 0 Å². The normalized spacial score (nSPS) is 13.7. The number of halogens is 1. The van der Waals surface area contributed by atoms with Crippen LogP contribution in [0.25, 0.3) is 0 Å². The molecule has 3 rings (SSSR count). The molecule has 0 amide bonds. The van der Waals surface area contributed by atoms with Gasteiger partial charge >= 0.3 is 0 Å². The average molecular weight is 290 g/mol. The number of ether oxygens (including phenoxy) is 2. The van der Waals surface area contributed by atoms with Gasteiger partial charge in [-0.2, -0.15) is 0 Å². The molecular weight excluding hydrogens is 274 g/mol. The van der Waals surface area contributed by atoms with E-state index in [1.54, 1.807) is 0 Å². The molecule has 1 N–H and O–H groups in total. The number of benzene rings is 2. The predicted octanol–water partition coefficient (Wildman–Crippen LogP) is 4.11. The van der Waals surface area contributed by atoms with Gasteiger partial charge in [-0.1, -0.05) is 23.7 Å². The molecule has 2 aromatic carbocycles. The van der Waals surface area contributed by atoms with Crippen LogP contribution in [0.3, 0.4) is 0 Å². The molecular formula is C16H16ClNO2. The van der Waals surface area contributed by atoms with Crippen LogP contribution in [0, 0.1) is 0 Å². The molecule has 0 radical (unpaired) electrons. The molecule has 0 saturated carbocycles. The first-order chi connectivity index (χ1) is 9.81. The van der Waals surface area contributed by atoms with Gasteiger partial charge in [-0.05, 0) is 29.8 Å². The highest BCUT2D eigenvalue weighted by atomic mass is 35.5. The van der Waals surface area contributed by atoms with Crippen molar-refractivity contribution >= 4 is 17.3 Å². The SMILES string of the molecule is Clc1cccc(CNc2ccc3c(c2)OCCCO3)c1. The Morgan fingerprint density at radius 2 is 1.85 bits per heavy atom. The Morgan fingerprint density at radius 1 is 1.00 bits per heavy atom. The molecule has 0 aliphatic carbocycles. The summed E-state index contributed by atoms with van der Waals surface area (Å²) in [6.07, 6.45) is 0.917. The summed E-state index contributed by atoms with van der Waals surface area (Å²) < 4.78 is 11.3. The highest BCUT2D eigenvalue weighted by molar-refractivity contribution is 6.30. The summed E-state index contributed by atoms with van der Waals surface area (Å²) in [6.45, 7) is 2.13. The maximum Gasteiger partial charge on any atom is 0.163 e. The Balaban J connectivity index is 1.70. The summed E-state index contributed by atoms with van der Waals surface area (Å²) in [5, 5.41) is 4.12. The lowest BCUT2D eigenvalue weighted by Crippen LogP contribution is -2.00. The van der Waals surface area contributed by atoms with Crippen LogP contribution >= 0.6 is 11.6 Å². The van der Waals surface area contributed by atoms with Crippen molar-refractivity contribution in [3.8, 4) is 11.5 Å². The molecule has 4 heteroatoms. The van der Waals surface area contributed by atoms with Crippen molar-refractivity contribution < 1.29 is 9.47 Å². The molecule has 104 valence electrons. The topological polar surface area (TPSA) is 30.5 Å². The van der Waals surface area contributed by atoms with Crippen molar-refractivity contribution in [2.75, 3.05) is 18.5 Å². The molecule has 0 bridgehead atoms. The first-order valence-corrected chi connectivity index (χ1v) is 7.07. The molecule has 2 aromatic rings. The Labute approximate surface area is 123 Å². The summed E-state index contributed by atoms with van der Waals surface area (Å²) in [6, 6.07) is 13.7. The Morgan fingerprint density at radius 3 is 2.70 bits per heavy atom. The van der Waals surface area contributed by atoms with E-state index in [9.17, 15) is 0 Å². The summed E-state index contributed by atoms with van der Waals surface area (Å²) in [5.74, 6) is 1.62. The van der Waals surface area contributed by atoms with Gasteiger partial charge in [-0.3, -0.25) is 0 Å². The standard InChI is InChI=1S/C16H16ClNO2/c17-13-4-1-3-12(9-13)11-18-14-5-6-15-16(10-14)20-8-2-7-19-15/h1,3-6,9-10,18H,2,7-8,11H2. The van der Waals surface area contributed by atoms with Gasteiger partial charge in [0.25, 0.3) is 0 Å². The van der Waals surface area contributed by atoms with E-state index in [0.29, 0.717) is 13.2 Å². The number of fused-ring (bicyclic) bond motifs is 1. The minimum Gasteiger partial charge on any atom is -0.490 e. The van der Waals surface area contributed by atoms with Crippen molar-refractivity contribution in [2.24, 2.45) is 0 Å². The third-order valence-corrected chi connectivity index (χ3v) is 3.37. The van der Waals surface area contributed by atoms with E-state index in [1.165, 1.54) is 0 Å². The Bertz CT molecular complexity index is 601. The van der Waals surface area contributed by atoms with Gasteiger partial charge in [-0.25, -0.2) is 0 Å². The second-order valence-electron chi connectivity index (χ2n) is 4.70. The second-order valence-corrected chi connectivity index (χ2v) is 5.13. The van der Waals surface area contributed by atoms with Crippen LogP contribution in [-0.2, 0) is 6.54 Å². The van der Waals surface area contributed by atoms with Crippen molar-refractivity contribution in [3.63, 3.8) is 0 Å². The fraction of sp³-hybridized carbons (Fsp3) is 0.250. The number of rotatable bonds is 3. The molecule has 1 aliphatic heterocycles. The van der Waals surface area contributed by atoms with Crippen LogP contribution in [0.2, 0.25) is 5.02 Å². The Kier molecular flexibility index (Phi) is 3.97. The van der Waals surface area contributed by atoms with Gasteiger partial charge in [0, 0.05) is 29.7 Å². The first-order valence-electron chi connectivity index (χ1n) is 6.69. The van der Waals surface area contributed by atoms with Gasteiger partial charge in [0.1, 0.15) is 0 Å². The van der Waals surface area contributed by atoms with Gasteiger partial charge < -0.3 is 14.8 Å². The van der Waals surface area contributed by atoms with E-state index >= 15 is 0 Å². The molecule has 20 heavy (non-hydrogen) atoms. The fourth-order valence-corrected chi connectivity index (χ4v) is 2.34. The maximum atomic E-state index is 5.98. The summed E-state index contributed by atoms with van der Waals surface area (Å²) >= 11 is 5.98. The van der Waals surface area contributed by atoms with E-state index in [2.05, 4.69) is 5.32 Å². The second kappa shape index (κ2) is 6.06. The Hall–Kier alpha value is -1.87. The quantitative estimate of drug-likeness (QED) is 0.922. The van der Waals surface area contributed by atoms with Gasteiger partial charge in [0.15, 0.2) is 11.5 Å². The number of anilines is 1. The number of nitrogens with one attached hydrogen (secondary N) is 1. The molecule has 0 unspecified atom stereocenters. The zero-order valence-electron chi connectivity index (χ0n) is 11.1. The van der Waals surface area contributed by atoms with E-state index < -0.39 is 0 Å². The molecule has 0 aromatic heterocycles. The lowest BCUT2D eigenvalue weighted by Gasteiger charge is -2.11. The summed E-state index contributed by atoms with van der Waals surface area (Å²) in [5.41, 5.74) is 2.15. The summed E-state index contributed by atoms with van der Waals surface area (Å²) in [7, 11) is 0. The fourth-order valence-electron chi connectivity index (χ4n) is 2.12. The maximum absolute atomic E-state index is 5.98. The minimum atomic E-state index is 0.699. The molecule has 0 atom stereocenters. The molecule has 0 saturated heterocycles. The monoisotopic (exact) mass is 289 g/mol. The predicted molar refractivity (Wildman–Crippen MR) is 80.8 cm³/mol. The lowest BCUT2D eigenvalue weighted by molar-refractivity contribution is 0.297. The van der Waals surface area contributed by atoms with Crippen molar-refractivity contribution in [2.45, 2.75) is 13.0 Å².